The molecule has 0 bridgehead atoms. The van der Waals surface area contributed by atoms with Gasteiger partial charge in [0.15, 0.2) is 0 Å². The van der Waals surface area contributed by atoms with E-state index in [9.17, 15) is 9.59 Å². The van der Waals surface area contributed by atoms with Crippen molar-refractivity contribution in [2.24, 2.45) is 0 Å². The Morgan fingerprint density at radius 3 is 2.31 bits per heavy atom. The molecule has 0 saturated carbocycles. The van der Waals surface area contributed by atoms with Gasteiger partial charge in [-0.3, -0.25) is 4.79 Å². The lowest BCUT2D eigenvalue weighted by molar-refractivity contribution is -0.135. The van der Waals surface area contributed by atoms with Crippen molar-refractivity contribution in [1.29, 1.82) is 0 Å². The number of halogens is 2. The number of anilines is 1. The summed E-state index contributed by atoms with van der Waals surface area (Å²) in [6, 6.07) is 4.75. The van der Waals surface area contributed by atoms with E-state index in [1.807, 2.05) is 0 Å². The minimum atomic E-state index is -1.10. The number of nitrogens with one attached hydrogen (secondary N) is 2. The maximum absolute atomic E-state index is 11.3. The zero-order valence-electron chi connectivity index (χ0n) is 7.96. The van der Waals surface area contributed by atoms with Crippen LogP contribution in [0.3, 0.4) is 0 Å². The predicted molar refractivity (Wildman–Crippen MR) is 66.5 cm³/mol. The zero-order chi connectivity index (χ0) is 12.1. The third kappa shape index (κ3) is 3.82. The molecule has 0 fully saturated rings. The third-order valence-electron chi connectivity index (χ3n) is 1.60. The van der Waals surface area contributed by atoms with E-state index in [-0.39, 0.29) is 0 Å². The van der Waals surface area contributed by atoms with Crippen LogP contribution in [0.1, 0.15) is 0 Å². The Bertz CT molecular complexity index is 403. The van der Waals surface area contributed by atoms with Crippen molar-refractivity contribution < 1.29 is 14.7 Å². The van der Waals surface area contributed by atoms with Crippen LogP contribution < -0.4 is 10.6 Å². The van der Waals surface area contributed by atoms with Gasteiger partial charge >= 0.3 is 12.0 Å². The fourth-order valence-corrected chi connectivity index (χ4v) is 2.13. The molecule has 5 nitrogen and oxygen atoms in total. The van der Waals surface area contributed by atoms with Crippen LogP contribution in [0.4, 0.5) is 10.5 Å². The fraction of sp³-hybridized carbons (Fsp3) is 0.111. The van der Waals surface area contributed by atoms with Gasteiger partial charge in [0, 0.05) is 8.95 Å². The molecule has 0 atom stereocenters. The molecule has 7 heteroatoms. The summed E-state index contributed by atoms with van der Waals surface area (Å²) in [5.41, 5.74) is 0.547. The van der Waals surface area contributed by atoms with Crippen LogP contribution in [0.5, 0.6) is 0 Å². The molecule has 3 N–H and O–H groups in total. The number of carbonyl (C=O) groups is 2. The number of hydrogen-bond acceptors (Lipinski definition) is 2. The smallest absolute Gasteiger partial charge is 0.323 e. The zero-order valence-corrected chi connectivity index (χ0v) is 11.1. The lowest BCUT2D eigenvalue weighted by atomic mass is 10.3. The molecule has 1 aromatic carbocycles. The second kappa shape index (κ2) is 5.86. The Kier molecular flexibility index (Phi) is 4.75. The van der Waals surface area contributed by atoms with Gasteiger partial charge in [0.25, 0.3) is 0 Å². The van der Waals surface area contributed by atoms with E-state index in [1.54, 1.807) is 18.2 Å². The molecule has 2 amide bonds. The van der Waals surface area contributed by atoms with Crippen molar-refractivity contribution in [2.75, 3.05) is 11.9 Å². The Morgan fingerprint density at radius 1 is 1.25 bits per heavy atom. The van der Waals surface area contributed by atoms with Crippen LogP contribution in [-0.4, -0.2) is 23.7 Å². The number of carbonyl (C=O) groups excluding carboxylic acids is 1. The number of benzene rings is 1. The summed E-state index contributed by atoms with van der Waals surface area (Å²) in [6.45, 7) is -0.423. The molecule has 0 aliphatic carbocycles. The van der Waals surface area contributed by atoms with Crippen molar-refractivity contribution >= 4 is 49.5 Å². The average molecular weight is 352 g/mol. The van der Waals surface area contributed by atoms with Gasteiger partial charge in [-0.05, 0) is 44.0 Å². The van der Waals surface area contributed by atoms with Gasteiger partial charge in [0.1, 0.15) is 6.54 Å². The first-order chi connectivity index (χ1) is 7.50. The molecule has 0 aromatic heterocycles. The van der Waals surface area contributed by atoms with Gasteiger partial charge in [-0.1, -0.05) is 6.07 Å². The van der Waals surface area contributed by atoms with Crippen LogP contribution in [-0.2, 0) is 4.79 Å². The van der Waals surface area contributed by atoms with Crippen LogP contribution in [0.2, 0.25) is 0 Å². The highest BCUT2D eigenvalue weighted by Gasteiger charge is 2.09. The number of urea groups is 1. The van der Waals surface area contributed by atoms with Gasteiger partial charge in [-0.15, -0.1) is 0 Å². The van der Waals surface area contributed by atoms with Crippen molar-refractivity contribution in [2.45, 2.75) is 0 Å². The minimum absolute atomic E-state index is 0.423. The largest absolute Gasteiger partial charge is 0.480 e. The van der Waals surface area contributed by atoms with E-state index < -0.39 is 18.5 Å². The van der Waals surface area contributed by atoms with E-state index in [0.29, 0.717) is 14.6 Å². The monoisotopic (exact) mass is 350 g/mol. The summed E-state index contributed by atoms with van der Waals surface area (Å²) in [7, 11) is 0. The molecule has 0 saturated heterocycles. The first kappa shape index (κ1) is 13.0. The minimum Gasteiger partial charge on any atom is -0.480 e. The van der Waals surface area contributed by atoms with Crippen LogP contribution >= 0.6 is 31.9 Å². The van der Waals surface area contributed by atoms with Crippen molar-refractivity contribution in [3.63, 3.8) is 0 Å². The molecule has 0 spiro atoms. The quantitative estimate of drug-likeness (QED) is 0.782. The maximum Gasteiger partial charge on any atom is 0.323 e. The van der Waals surface area contributed by atoms with Gasteiger partial charge in [0.2, 0.25) is 0 Å². The number of aliphatic carboxylic acids is 1. The van der Waals surface area contributed by atoms with Crippen molar-refractivity contribution in [3.05, 3.63) is 27.1 Å². The first-order valence-electron chi connectivity index (χ1n) is 4.21. The van der Waals surface area contributed by atoms with E-state index in [1.165, 1.54) is 0 Å². The molecule has 1 rings (SSSR count). The fourth-order valence-electron chi connectivity index (χ4n) is 0.931. The molecule has 1 aromatic rings. The van der Waals surface area contributed by atoms with E-state index in [0.717, 1.165) is 0 Å². The normalized spacial score (nSPS) is 9.62. The molecular formula is C9H8Br2N2O3. The molecule has 0 unspecified atom stereocenters. The van der Waals surface area contributed by atoms with Crippen LogP contribution in [0.25, 0.3) is 0 Å². The molecule has 0 aliphatic rings. The highest BCUT2D eigenvalue weighted by molar-refractivity contribution is 9.11. The number of rotatable bonds is 3. The molecule has 0 heterocycles. The second-order valence-corrected chi connectivity index (χ2v) is 4.51. The van der Waals surface area contributed by atoms with Gasteiger partial charge in [0.05, 0.1) is 5.69 Å². The Labute approximate surface area is 108 Å². The number of amides is 2. The summed E-state index contributed by atoms with van der Waals surface area (Å²) >= 11 is 6.53. The Hall–Kier alpha value is -1.08. The van der Waals surface area contributed by atoms with E-state index >= 15 is 0 Å². The number of carboxylic acid groups (broad SMARTS) is 1. The average Bonchev–Trinajstić information content (AvgIpc) is 2.21. The number of para-hydroxylation sites is 1. The lowest BCUT2D eigenvalue weighted by Gasteiger charge is -2.09. The SMILES string of the molecule is O=C(O)CNC(=O)Nc1c(Br)cccc1Br. The van der Waals surface area contributed by atoms with Crippen LogP contribution in [0, 0.1) is 0 Å². The van der Waals surface area contributed by atoms with Gasteiger partial charge in [-0.25, -0.2) is 4.79 Å². The van der Waals surface area contributed by atoms with Gasteiger partial charge < -0.3 is 15.7 Å². The van der Waals surface area contributed by atoms with Gasteiger partial charge in [-0.2, -0.15) is 0 Å². The molecule has 0 radical (unpaired) electrons. The molecular weight excluding hydrogens is 344 g/mol. The van der Waals surface area contributed by atoms with Crippen LogP contribution in [0.15, 0.2) is 27.1 Å². The number of carboxylic acids is 1. The third-order valence-corrected chi connectivity index (χ3v) is 2.92. The summed E-state index contributed by atoms with van der Waals surface area (Å²) < 4.78 is 1.40. The highest BCUT2D eigenvalue weighted by Crippen LogP contribution is 2.30. The number of hydrogen-bond donors (Lipinski definition) is 3. The summed E-state index contributed by atoms with van der Waals surface area (Å²) in [5, 5.41) is 13.1. The Balaban J connectivity index is 2.66. The highest BCUT2D eigenvalue weighted by atomic mass is 79.9. The topological polar surface area (TPSA) is 78.4 Å². The predicted octanol–water partition coefficient (Wildman–Crippen LogP) is 2.42. The maximum atomic E-state index is 11.3. The molecule has 0 aliphatic heterocycles. The first-order valence-corrected chi connectivity index (χ1v) is 5.80. The second-order valence-electron chi connectivity index (χ2n) is 2.80. The van der Waals surface area contributed by atoms with Crippen molar-refractivity contribution in [3.8, 4) is 0 Å². The molecule has 86 valence electrons. The molecule has 16 heavy (non-hydrogen) atoms. The standard InChI is InChI=1S/C9H8Br2N2O3/c10-5-2-1-3-6(11)8(5)13-9(16)12-4-7(14)15/h1-3H,4H2,(H,14,15)(H2,12,13,16). The van der Waals surface area contributed by atoms with E-state index in [2.05, 4.69) is 42.5 Å². The summed E-state index contributed by atoms with van der Waals surface area (Å²) in [5.74, 6) is -1.10. The Morgan fingerprint density at radius 2 is 1.81 bits per heavy atom. The summed E-state index contributed by atoms with van der Waals surface area (Å²) in [4.78, 5) is 21.5. The van der Waals surface area contributed by atoms with Crippen molar-refractivity contribution in [1.82, 2.24) is 5.32 Å². The van der Waals surface area contributed by atoms with E-state index in [4.69, 9.17) is 5.11 Å². The lowest BCUT2D eigenvalue weighted by Crippen LogP contribution is -2.33. The summed E-state index contributed by atoms with van der Waals surface area (Å²) in [6.07, 6.45) is 0.